The number of carbonyl (C=O) groups is 1. The zero-order chi connectivity index (χ0) is 22.9. The number of anilines is 1. The number of hydrogen-bond acceptors (Lipinski definition) is 6. The fourth-order valence-electron chi connectivity index (χ4n) is 3.91. The summed E-state index contributed by atoms with van der Waals surface area (Å²) in [6, 6.07) is 12.6. The number of rotatable bonds is 5. The number of amides is 1. The monoisotopic (exact) mass is 474 g/mol. The first-order valence-corrected chi connectivity index (χ1v) is 12.0. The summed E-state index contributed by atoms with van der Waals surface area (Å²) >= 11 is 5.97. The minimum absolute atomic E-state index is 0.0713. The topological polar surface area (TPSA) is 105 Å². The highest BCUT2D eigenvalue weighted by Gasteiger charge is 2.31. The number of nitrogens with one attached hydrogen (secondary N) is 1. The van der Waals surface area contributed by atoms with Crippen molar-refractivity contribution < 1.29 is 17.6 Å². The second-order valence-electron chi connectivity index (χ2n) is 8.17. The summed E-state index contributed by atoms with van der Waals surface area (Å²) in [5.74, 6) is 0.347. The maximum atomic E-state index is 13.0. The maximum absolute atomic E-state index is 13.0. The van der Waals surface area contributed by atoms with E-state index in [1.807, 2.05) is 0 Å². The maximum Gasteiger partial charge on any atom is 0.322 e. The molecular weight excluding hydrogens is 452 g/mol. The lowest BCUT2D eigenvalue weighted by molar-refractivity contribution is 0.102. The van der Waals surface area contributed by atoms with Crippen LogP contribution in [-0.4, -0.2) is 41.9 Å². The van der Waals surface area contributed by atoms with Crippen LogP contribution < -0.4 is 5.32 Å². The lowest BCUT2D eigenvalue weighted by Crippen LogP contribution is -2.42. The van der Waals surface area contributed by atoms with Crippen molar-refractivity contribution in [3.8, 4) is 11.5 Å². The van der Waals surface area contributed by atoms with E-state index in [0.29, 0.717) is 35.5 Å². The first kappa shape index (κ1) is 22.4. The fraction of sp³-hybridized carbons (Fsp3) is 0.318. The Balaban J connectivity index is 1.46. The van der Waals surface area contributed by atoms with Gasteiger partial charge >= 0.3 is 6.01 Å². The van der Waals surface area contributed by atoms with E-state index in [0.717, 1.165) is 6.42 Å². The first-order valence-electron chi connectivity index (χ1n) is 10.2. The molecule has 2 unspecified atom stereocenters. The molecule has 1 saturated heterocycles. The standard InChI is InChI=1S/C22H23ClN4O4S/c1-14-10-15(2)13-27(12-14)32(29,30)19-8-6-16(7-9-19)20(28)24-22-26-25-21(31-22)17-4-3-5-18(23)11-17/h3-9,11,14-15H,10,12-13H2,1-2H3,(H,24,26,28). The third-order valence-electron chi connectivity index (χ3n) is 5.31. The Morgan fingerprint density at radius 1 is 1.09 bits per heavy atom. The molecule has 10 heteroatoms. The molecule has 2 aromatic carbocycles. The van der Waals surface area contributed by atoms with Gasteiger partial charge in [-0.1, -0.05) is 36.6 Å². The van der Waals surface area contributed by atoms with Gasteiger partial charge in [-0.2, -0.15) is 4.31 Å². The van der Waals surface area contributed by atoms with Crippen LogP contribution in [0.15, 0.2) is 57.8 Å². The minimum atomic E-state index is -3.61. The van der Waals surface area contributed by atoms with Gasteiger partial charge in [0.15, 0.2) is 0 Å². The van der Waals surface area contributed by atoms with Gasteiger partial charge in [-0.15, -0.1) is 5.10 Å². The molecule has 4 rings (SSSR count). The predicted molar refractivity (Wildman–Crippen MR) is 121 cm³/mol. The van der Waals surface area contributed by atoms with Crippen LogP contribution in [0.4, 0.5) is 6.01 Å². The average molecular weight is 475 g/mol. The molecule has 3 aromatic rings. The molecule has 0 saturated carbocycles. The molecule has 2 atom stereocenters. The van der Waals surface area contributed by atoms with E-state index in [9.17, 15) is 13.2 Å². The van der Waals surface area contributed by atoms with Crippen molar-refractivity contribution in [2.24, 2.45) is 11.8 Å². The van der Waals surface area contributed by atoms with E-state index in [2.05, 4.69) is 29.4 Å². The van der Waals surface area contributed by atoms with Gasteiger partial charge in [0.1, 0.15) is 0 Å². The Labute approximate surface area is 191 Å². The van der Waals surface area contributed by atoms with Crippen LogP contribution >= 0.6 is 11.6 Å². The Morgan fingerprint density at radius 2 is 1.78 bits per heavy atom. The van der Waals surface area contributed by atoms with Gasteiger partial charge in [-0.05, 0) is 60.7 Å². The Bertz CT molecular complexity index is 1220. The molecule has 0 spiro atoms. The van der Waals surface area contributed by atoms with Crippen LogP contribution in [0.2, 0.25) is 5.02 Å². The first-order chi connectivity index (χ1) is 15.2. The lowest BCUT2D eigenvalue weighted by atomic mass is 9.94. The van der Waals surface area contributed by atoms with Gasteiger partial charge in [0.05, 0.1) is 4.90 Å². The average Bonchev–Trinajstić information content (AvgIpc) is 3.21. The predicted octanol–water partition coefficient (Wildman–Crippen LogP) is 4.31. The number of sulfonamides is 1. The summed E-state index contributed by atoms with van der Waals surface area (Å²) in [7, 11) is -3.61. The van der Waals surface area contributed by atoms with E-state index >= 15 is 0 Å². The number of benzene rings is 2. The molecule has 168 valence electrons. The number of carbonyl (C=O) groups excluding carboxylic acids is 1. The summed E-state index contributed by atoms with van der Waals surface area (Å²) in [5.41, 5.74) is 0.897. The highest BCUT2D eigenvalue weighted by Crippen LogP contribution is 2.27. The van der Waals surface area contributed by atoms with Gasteiger partial charge in [0.2, 0.25) is 15.9 Å². The van der Waals surface area contributed by atoms with Gasteiger partial charge in [0, 0.05) is 29.2 Å². The van der Waals surface area contributed by atoms with Crippen LogP contribution in [-0.2, 0) is 10.0 Å². The largest absolute Gasteiger partial charge is 0.403 e. The number of nitrogens with zero attached hydrogens (tertiary/aromatic N) is 3. The summed E-state index contributed by atoms with van der Waals surface area (Å²) in [4.78, 5) is 12.7. The third-order valence-corrected chi connectivity index (χ3v) is 7.39. The quantitative estimate of drug-likeness (QED) is 0.590. The molecule has 1 aliphatic rings. The minimum Gasteiger partial charge on any atom is -0.403 e. The van der Waals surface area contributed by atoms with E-state index in [-0.39, 0.29) is 22.4 Å². The van der Waals surface area contributed by atoms with Gasteiger partial charge in [-0.3, -0.25) is 10.1 Å². The van der Waals surface area contributed by atoms with E-state index in [4.69, 9.17) is 16.0 Å². The zero-order valence-electron chi connectivity index (χ0n) is 17.7. The van der Waals surface area contributed by atoms with Crippen LogP contribution in [0.1, 0.15) is 30.6 Å². The van der Waals surface area contributed by atoms with Crippen molar-refractivity contribution in [3.05, 3.63) is 59.1 Å². The van der Waals surface area contributed by atoms with Gasteiger partial charge in [0.25, 0.3) is 5.91 Å². The fourth-order valence-corrected chi connectivity index (χ4v) is 5.78. The van der Waals surface area contributed by atoms with Crippen molar-refractivity contribution in [2.45, 2.75) is 25.2 Å². The van der Waals surface area contributed by atoms with E-state index in [1.54, 1.807) is 24.3 Å². The molecule has 1 N–H and O–H groups in total. The highest BCUT2D eigenvalue weighted by molar-refractivity contribution is 7.89. The summed E-state index contributed by atoms with van der Waals surface area (Å²) in [6.07, 6.45) is 1.01. The van der Waals surface area contributed by atoms with Crippen molar-refractivity contribution in [1.29, 1.82) is 0 Å². The number of piperidine rings is 1. The molecule has 1 aliphatic heterocycles. The van der Waals surface area contributed by atoms with E-state index < -0.39 is 15.9 Å². The van der Waals surface area contributed by atoms with Crippen LogP contribution in [0.5, 0.6) is 0 Å². The number of halogens is 1. The summed E-state index contributed by atoms with van der Waals surface area (Å²) in [5, 5.41) is 10.8. The van der Waals surface area contributed by atoms with Crippen LogP contribution in [0.25, 0.3) is 11.5 Å². The third kappa shape index (κ3) is 4.85. The molecule has 1 fully saturated rings. The molecule has 8 nitrogen and oxygen atoms in total. The second kappa shape index (κ2) is 9.01. The normalized spacial score (nSPS) is 19.6. The SMILES string of the molecule is CC1CC(C)CN(S(=O)(=O)c2ccc(C(=O)Nc3nnc(-c4cccc(Cl)c4)o3)cc2)C1. The summed E-state index contributed by atoms with van der Waals surface area (Å²) in [6.45, 7) is 5.12. The molecule has 0 bridgehead atoms. The molecule has 0 radical (unpaired) electrons. The molecular formula is C22H23ClN4O4S. The van der Waals surface area contributed by atoms with Gasteiger partial charge < -0.3 is 4.42 Å². The van der Waals surface area contributed by atoms with Crippen molar-refractivity contribution >= 4 is 33.5 Å². The second-order valence-corrected chi connectivity index (χ2v) is 10.5. The van der Waals surface area contributed by atoms with Crippen molar-refractivity contribution in [2.75, 3.05) is 18.4 Å². The molecule has 1 amide bonds. The molecule has 32 heavy (non-hydrogen) atoms. The van der Waals surface area contributed by atoms with Crippen molar-refractivity contribution in [1.82, 2.24) is 14.5 Å². The summed E-state index contributed by atoms with van der Waals surface area (Å²) < 4.78 is 33.0. The number of aromatic nitrogens is 2. The molecule has 1 aromatic heterocycles. The van der Waals surface area contributed by atoms with Crippen LogP contribution in [0.3, 0.4) is 0 Å². The van der Waals surface area contributed by atoms with E-state index in [1.165, 1.54) is 28.6 Å². The van der Waals surface area contributed by atoms with Gasteiger partial charge in [-0.25, -0.2) is 8.42 Å². The Morgan fingerprint density at radius 3 is 2.44 bits per heavy atom. The highest BCUT2D eigenvalue weighted by atomic mass is 35.5. The lowest BCUT2D eigenvalue weighted by Gasteiger charge is -2.34. The van der Waals surface area contributed by atoms with Crippen LogP contribution in [0, 0.1) is 11.8 Å². The number of hydrogen-bond donors (Lipinski definition) is 1. The van der Waals surface area contributed by atoms with Crippen molar-refractivity contribution in [3.63, 3.8) is 0 Å². The molecule has 2 heterocycles. The Hall–Kier alpha value is -2.75. The Kier molecular flexibility index (Phi) is 6.32. The zero-order valence-corrected chi connectivity index (χ0v) is 19.2. The molecule has 0 aliphatic carbocycles. The smallest absolute Gasteiger partial charge is 0.322 e.